The third-order valence-electron chi connectivity index (χ3n) is 2.67. The van der Waals surface area contributed by atoms with Gasteiger partial charge in [0.15, 0.2) is 29.1 Å². The molecule has 0 aromatic heterocycles. The Kier molecular flexibility index (Phi) is 3.32. The molecule has 2 rings (SSSR count). The van der Waals surface area contributed by atoms with Gasteiger partial charge in [0.1, 0.15) is 0 Å². The van der Waals surface area contributed by atoms with Crippen LogP contribution in [0.1, 0.15) is 16.8 Å². The first-order chi connectivity index (χ1) is 8.49. The molecule has 0 heterocycles. The standard InChI is InChI=1S/C13H8F4O/c14-9-3-1-7(5-11(9)16)13(18)8-2-4-10(15)12(17)6-8/h1,3-6,8H,2H2. The van der Waals surface area contributed by atoms with E-state index in [1.807, 2.05) is 0 Å². The molecule has 1 nitrogen and oxygen atoms in total. The van der Waals surface area contributed by atoms with E-state index >= 15 is 0 Å². The van der Waals surface area contributed by atoms with Gasteiger partial charge in [0.25, 0.3) is 0 Å². The fraction of sp³-hybridized carbons (Fsp3) is 0.154. The zero-order valence-electron chi connectivity index (χ0n) is 9.09. The van der Waals surface area contributed by atoms with Crippen molar-refractivity contribution in [2.45, 2.75) is 6.42 Å². The lowest BCUT2D eigenvalue weighted by molar-refractivity contribution is 0.0943. The van der Waals surface area contributed by atoms with Gasteiger partial charge in [-0.25, -0.2) is 17.6 Å². The number of hydrogen-bond donors (Lipinski definition) is 0. The van der Waals surface area contributed by atoms with Crippen LogP contribution in [-0.4, -0.2) is 5.78 Å². The van der Waals surface area contributed by atoms with E-state index in [1.165, 1.54) is 0 Å². The lowest BCUT2D eigenvalue weighted by Crippen LogP contribution is -2.15. The molecule has 1 aliphatic rings. The van der Waals surface area contributed by atoms with Crippen LogP contribution in [0.2, 0.25) is 0 Å². The van der Waals surface area contributed by atoms with Crippen molar-refractivity contribution in [3.63, 3.8) is 0 Å². The van der Waals surface area contributed by atoms with Gasteiger partial charge in [-0.1, -0.05) is 0 Å². The summed E-state index contributed by atoms with van der Waals surface area (Å²) in [5.41, 5.74) is -0.0707. The Labute approximate surface area is 100 Å². The average Bonchev–Trinajstić information content (AvgIpc) is 2.35. The Bertz CT molecular complexity index is 560. The Hall–Kier alpha value is -1.91. The summed E-state index contributed by atoms with van der Waals surface area (Å²) < 4.78 is 51.4. The minimum absolute atomic E-state index is 0.00289. The van der Waals surface area contributed by atoms with Crippen molar-refractivity contribution >= 4 is 5.78 Å². The molecule has 1 aromatic rings. The van der Waals surface area contributed by atoms with Crippen LogP contribution < -0.4 is 0 Å². The lowest BCUT2D eigenvalue weighted by Gasteiger charge is -2.13. The first kappa shape index (κ1) is 12.5. The normalized spacial score (nSPS) is 19.2. The predicted molar refractivity (Wildman–Crippen MR) is 57.2 cm³/mol. The molecule has 0 saturated heterocycles. The van der Waals surface area contributed by atoms with Crippen LogP contribution in [0.15, 0.2) is 42.0 Å². The third kappa shape index (κ3) is 2.34. The maximum Gasteiger partial charge on any atom is 0.170 e. The molecule has 0 saturated carbocycles. The maximum absolute atomic E-state index is 13.0. The van der Waals surface area contributed by atoms with Crippen LogP contribution in [0, 0.1) is 17.6 Å². The van der Waals surface area contributed by atoms with Gasteiger partial charge in [-0.2, -0.15) is 0 Å². The highest BCUT2D eigenvalue weighted by Gasteiger charge is 2.23. The molecule has 0 N–H and O–H groups in total. The number of halogens is 4. The van der Waals surface area contributed by atoms with Crippen molar-refractivity contribution < 1.29 is 22.4 Å². The molecule has 0 spiro atoms. The van der Waals surface area contributed by atoms with Gasteiger partial charge in [0.05, 0.1) is 0 Å². The zero-order chi connectivity index (χ0) is 13.3. The summed E-state index contributed by atoms with van der Waals surface area (Å²) in [5.74, 6) is -5.81. The molecular formula is C13H8F4O. The second-order valence-corrected chi connectivity index (χ2v) is 3.90. The molecule has 0 bridgehead atoms. The molecule has 0 fully saturated rings. The molecule has 94 valence electrons. The fourth-order valence-electron chi connectivity index (χ4n) is 1.70. The molecule has 0 amide bonds. The van der Waals surface area contributed by atoms with Gasteiger partial charge < -0.3 is 0 Å². The zero-order valence-corrected chi connectivity index (χ0v) is 9.09. The van der Waals surface area contributed by atoms with Gasteiger partial charge >= 0.3 is 0 Å². The smallest absolute Gasteiger partial charge is 0.170 e. The maximum atomic E-state index is 13.0. The fourth-order valence-corrected chi connectivity index (χ4v) is 1.70. The van der Waals surface area contributed by atoms with E-state index in [0.717, 1.165) is 30.4 Å². The third-order valence-corrected chi connectivity index (χ3v) is 2.67. The molecule has 5 heteroatoms. The highest BCUT2D eigenvalue weighted by molar-refractivity contribution is 5.99. The van der Waals surface area contributed by atoms with E-state index in [0.29, 0.717) is 0 Å². The number of rotatable bonds is 2. The minimum atomic E-state index is -1.15. The second-order valence-electron chi connectivity index (χ2n) is 3.90. The topological polar surface area (TPSA) is 17.1 Å². The summed E-state index contributed by atoms with van der Waals surface area (Å²) >= 11 is 0. The number of ketones is 1. The highest BCUT2D eigenvalue weighted by atomic mass is 19.2. The summed E-state index contributed by atoms with van der Waals surface area (Å²) in [6, 6.07) is 2.68. The molecule has 0 radical (unpaired) electrons. The number of benzene rings is 1. The number of carbonyl (C=O) groups excluding carboxylic acids is 1. The lowest BCUT2D eigenvalue weighted by atomic mass is 9.91. The van der Waals surface area contributed by atoms with Crippen molar-refractivity contribution in [1.29, 1.82) is 0 Å². The van der Waals surface area contributed by atoms with E-state index in [2.05, 4.69) is 0 Å². The summed E-state index contributed by atoms with van der Waals surface area (Å²) in [6.07, 6.45) is 1.80. The first-order valence-electron chi connectivity index (χ1n) is 5.21. The average molecular weight is 256 g/mol. The number of Topliss-reactive ketones (excluding diaryl/α,β-unsaturated/α-hetero) is 1. The van der Waals surface area contributed by atoms with Crippen molar-refractivity contribution in [2.24, 2.45) is 5.92 Å². The van der Waals surface area contributed by atoms with Gasteiger partial charge in [-0.3, -0.25) is 4.79 Å². The largest absolute Gasteiger partial charge is 0.294 e. The Balaban J connectivity index is 2.25. The van der Waals surface area contributed by atoms with Gasteiger partial charge in [-0.15, -0.1) is 0 Å². The van der Waals surface area contributed by atoms with E-state index in [9.17, 15) is 22.4 Å². The monoisotopic (exact) mass is 256 g/mol. The van der Waals surface area contributed by atoms with Crippen LogP contribution in [0.5, 0.6) is 0 Å². The Morgan fingerprint density at radius 3 is 2.39 bits per heavy atom. The highest BCUT2D eigenvalue weighted by Crippen LogP contribution is 2.27. The molecular weight excluding hydrogens is 248 g/mol. The SMILES string of the molecule is O=C(c1ccc(F)c(F)c1)C1C=C(F)C(F)=CC1. The van der Waals surface area contributed by atoms with Crippen LogP contribution in [-0.2, 0) is 0 Å². The quantitative estimate of drug-likeness (QED) is 0.579. The van der Waals surface area contributed by atoms with E-state index < -0.39 is 35.0 Å². The van der Waals surface area contributed by atoms with Gasteiger partial charge in [0.2, 0.25) is 0 Å². The molecule has 1 atom stereocenters. The summed E-state index contributed by atoms with van der Waals surface area (Å²) in [7, 11) is 0. The van der Waals surface area contributed by atoms with E-state index in [1.54, 1.807) is 0 Å². The summed E-state index contributed by atoms with van der Waals surface area (Å²) in [4.78, 5) is 11.9. The van der Waals surface area contributed by atoms with Crippen molar-refractivity contribution in [3.05, 3.63) is 59.2 Å². The van der Waals surface area contributed by atoms with Crippen LogP contribution in [0.3, 0.4) is 0 Å². The van der Waals surface area contributed by atoms with Crippen LogP contribution in [0.25, 0.3) is 0 Å². The molecule has 1 aliphatic carbocycles. The van der Waals surface area contributed by atoms with Crippen molar-refractivity contribution in [1.82, 2.24) is 0 Å². The molecule has 0 aliphatic heterocycles. The second kappa shape index (κ2) is 4.76. The summed E-state index contributed by atoms with van der Waals surface area (Å²) in [5, 5.41) is 0. The first-order valence-corrected chi connectivity index (χ1v) is 5.21. The van der Waals surface area contributed by atoms with Crippen molar-refractivity contribution in [3.8, 4) is 0 Å². The van der Waals surface area contributed by atoms with Gasteiger partial charge in [0, 0.05) is 11.5 Å². The predicted octanol–water partition coefficient (Wildman–Crippen LogP) is 3.87. The molecule has 1 aromatic carbocycles. The summed E-state index contributed by atoms with van der Waals surface area (Å²) in [6.45, 7) is 0. The number of allylic oxidation sites excluding steroid dienone is 4. The van der Waals surface area contributed by atoms with Crippen LogP contribution >= 0.6 is 0 Å². The van der Waals surface area contributed by atoms with Gasteiger partial charge in [-0.05, 0) is 36.8 Å². The van der Waals surface area contributed by atoms with Crippen molar-refractivity contribution in [2.75, 3.05) is 0 Å². The molecule has 1 unspecified atom stereocenters. The molecule has 18 heavy (non-hydrogen) atoms. The number of hydrogen-bond acceptors (Lipinski definition) is 1. The number of carbonyl (C=O) groups is 1. The van der Waals surface area contributed by atoms with E-state index in [-0.39, 0.29) is 12.0 Å². The minimum Gasteiger partial charge on any atom is -0.294 e. The van der Waals surface area contributed by atoms with E-state index in [4.69, 9.17) is 0 Å². The Morgan fingerprint density at radius 2 is 1.78 bits per heavy atom. The Morgan fingerprint density at radius 1 is 1.06 bits per heavy atom. The van der Waals surface area contributed by atoms with Crippen LogP contribution in [0.4, 0.5) is 17.6 Å².